The fourth-order valence-electron chi connectivity index (χ4n) is 2.41. The minimum absolute atomic E-state index is 0.425. The van der Waals surface area contributed by atoms with Crippen molar-refractivity contribution in [3.05, 3.63) is 29.3 Å². The molecular formula is C14H18N4O4. The van der Waals surface area contributed by atoms with Crippen molar-refractivity contribution in [1.29, 1.82) is 0 Å². The topological polar surface area (TPSA) is 114 Å². The first kappa shape index (κ1) is 15.8. The monoisotopic (exact) mass is 306 g/mol. The second kappa shape index (κ2) is 5.64. The molecule has 4 amide bonds. The molecule has 1 aromatic rings. The zero-order chi connectivity index (χ0) is 16.5. The average molecular weight is 306 g/mol. The lowest BCUT2D eigenvalue weighted by Gasteiger charge is -2.23. The Morgan fingerprint density at radius 1 is 1.45 bits per heavy atom. The van der Waals surface area contributed by atoms with Crippen molar-refractivity contribution in [1.82, 2.24) is 15.6 Å². The smallest absolute Gasteiger partial charge is 0.325 e. The lowest BCUT2D eigenvalue weighted by Crippen LogP contribution is -2.44. The van der Waals surface area contributed by atoms with Gasteiger partial charge in [-0.15, -0.1) is 0 Å². The number of hydrazine groups is 1. The number of aryl methyl sites for hydroxylation is 1. The number of rotatable bonds is 4. The number of ether oxygens (including phenoxy) is 1. The minimum Gasteiger partial charge on any atom is -0.496 e. The van der Waals surface area contributed by atoms with E-state index in [1.807, 2.05) is 12.3 Å². The molecule has 1 aliphatic heterocycles. The largest absolute Gasteiger partial charge is 0.496 e. The predicted octanol–water partition coefficient (Wildman–Crippen LogP) is -0.239. The van der Waals surface area contributed by atoms with Crippen LogP contribution in [0.15, 0.2) is 18.2 Å². The van der Waals surface area contributed by atoms with E-state index in [9.17, 15) is 14.4 Å². The molecule has 0 bridgehead atoms. The molecule has 1 heterocycles. The molecule has 1 unspecified atom stereocenters. The van der Waals surface area contributed by atoms with E-state index in [2.05, 4.69) is 5.32 Å². The summed E-state index contributed by atoms with van der Waals surface area (Å²) >= 11 is 0. The van der Waals surface area contributed by atoms with Crippen LogP contribution in [-0.4, -0.2) is 36.4 Å². The molecule has 1 aliphatic rings. The number of carbonyl (C=O) groups is 3. The second-order valence-corrected chi connectivity index (χ2v) is 5.20. The molecule has 1 fully saturated rings. The Morgan fingerprint density at radius 3 is 2.68 bits per heavy atom. The number of nitrogens with zero attached hydrogens (tertiary/aromatic N) is 1. The molecular weight excluding hydrogens is 288 g/mol. The number of hydrogen-bond acceptors (Lipinski definition) is 5. The van der Waals surface area contributed by atoms with E-state index in [0.29, 0.717) is 11.3 Å². The van der Waals surface area contributed by atoms with Crippen LogP contribution in [0.3, 0.4) is 0 Å². The van der Waals surface area contributed by atoms with Crippen LogP contribution in [0, 0.1) is 6.92 Å². The highest BCUT2D eigenvalue weighted by Gasteiger charge is 2.49. The molecule has 1 saturated heterocycles. The fourth-order valence-corrected chi connectivity index (χ4v) is 2.41. The molecule has 118 valence electrons. The van der Waals surface area contributed by atoms with Crippen LogP contribution >= 0.6 is 0 Å². The van der Waals surface area contributed by atoms with Gasteiger partial charge in [0.25, 0.3) is 11.8 Å². The van der Waals surface area contributed by atoms with Gasteiger partial charge in [-0.05, 0) is 37.1 Å². The Kier molecular flexibility index (Phi) is 4.05. The second-order valence-electron chi connectivity index (χ2n) is 5.20. The molecule has 8 nitrogen and oxygen atoms in total. The van der Waals surface area contributed by atoms with Crippen molar-refractivity contribution in [2.24, 2.45) is 5.84 Å². The van der Waals surface area contributed by atoms with Gasteiger partial charge in [-0.3, -0.25) is 19.9 Å². The van der Waals surface area contributed by atoms with Crippen LogP contribution in [0.5, 0.6) is 5.75 Å². The molecule has 0 radical (unpaired) electrons. The summed E-state index contributed by atoms with van der Waals surface area (Å²) in [4.78, 5) is 36.7. The molecule has 8 heteroatoms. The van der Waals surface area contributed by atoms with Crippen molar-refractivity contribution < 1.29 is 19.1 Å². The van der Waals surface area contributed by atoms with Crippen molar-refractivity contribution in [3.63, 3.8) is 0 Å². The van der Waals surface area contributed by atoms with Gasteiger partial charge in [0, 0.05) is 0 Å². The number of urea groups is 1. The number of hydrogen-bond donors (Lipinski definition) is 3. The van der Waals surface area contributed by atoms with Gasteiger partial charge in [0.2, 0.25) is 0 Å². The lowest BCUT2D eigenvalue weighted by atomic mass is 9.90. The van der Waals surface area contributed by atoms with Crippen molar-refractivity contribution in [2.75, 3.05) is 13.7 Å². The van der Waals surface area contributed by atoms with E-state index in [1.54, 1.807) is 32.2 Å². The Labute approximate surface area is 127 Å². The third kappa shape index (κ3) is 2.48. The van der Waals surface area contributed by atoms with Gasteiger partial charge in [-0.2, -0.15) is 0 Å². The Balaban J connectivity index is 2.34. The highest BCUT2D eigenvalue weighted by Crippen LogP contribution is 2.31. The third-order valence-electron chi connectivity index (χ3n) is 3.71. The highest BCUT2D eigenvalue weighted by molar-refractivity contribution is 6.09. The molecule has 4 N–H and O–H groups in total. The van der Waals surface area contributed by atoms with Crippen LogP contribution in [0.4, 0.5) is 4.79 Å². The van der Waals surface area contributed by atoms with E-state index >= 15 is 0 Å². The summed E-state index contributed by atoms with van der Waals surface area (Å²) in [6.45, 7) is 3.01. The Bertz CT molecular complexity index is 646. The van der Waals surface area contributed by atoms with E-state index in [-0.39, 0.29) is 0 Å². The molecule has 1 aromatic carbocycles. The van der Waals surface area contributed by atoms with Gasteiger partial charge < -0.3 is 10.1 Å². The standard InChI is InChI=1S/C14H18N4O4/c1-8-6-9(4-5-10(8)22-3)14(2)12(20)18(13(21)16-14)7-11(19)17-15/h4-6H,7,15H2,1-3H3,(H,16,21)(H,17,19). The quantitative estimate of drug-likeness (QED) is 0.307. The van der Waals surface area contributed by atoms with Crippen LogP contribution in [0.2, 0.25) is 0 Å². The van der Waals surface area contributed by atoms with E-state index in [0.717, 1.165) is 10.5 Å². The summed E-state index contributed by atoms with van der Waals surface area (Å²) in [6.07, 6.45) is 0. The van der Waals surface area contributed by atoms with Gasteiger partial charge in [0.15, 0.2) is 0 Å². The Morgan fingerprint density at radius 2 is 2.14 bits per heavy atom. The van der Waals surface area contributed by atoms with Crippen LogP contribution in [0.1, 0.15) is 18.1 Å². The average Bonchev–Trinajstić information content (AvgIpc) is 2.71. The predicted molar refractivity (Wildman–Crippen MR) is 77.7 cm³/mol. The van der Waals surface area contributed by atoms with E-state index in [1.165, 1.54) is 0 Å². The SMILES string of the molecule is COc1ccc(C2(C)NC(=O)N(CC(=O)NN)C2=O)cc1C. The maximum absolute atomic E-state index is 12.5. The van der Waals surface area contributed by atoms with Gasteiger partial charge in [0.1, 0.15) is 17.8 Å². The zero-order valence-electron chi connectivity index (χ0n) is 12.6. The first-order chi connectivity index (χ1) is 10.3. The van der Waals surface area contributed by atoms with Gasteiger partial charge in [-0.1, -0.05) is 6.07 Å². The molecule has 0 aromatic heterocycles. The summed E-state index contributed by atoms with van der Waals surface area (Å²) in [7, 11) is 1.55. The van der Waals surface area contributed by atoms with E-state index < -0.39 is 29.9 Å². The summed E-state index contributed by atoms with van der Waals surface area (Å²) in [5.41, 5.74) is 2.11. The first-order valence-corrected chi connectivity index (χ1v) is 6.62. The summed E-state index contributed by atoms with van der Waals surface area (Å²) in [6, 6.07) is 4.56. The van der Waals surface area contributed by atoms with Crippen molar-refractivity contribution >= 4 is 17.8 Å². The summed E-state index contributed by atoms with van der Waals surface area (Å²) in [5, 5.41) is 2.62. The number of amides is 4. The number of nitrogens with one attached hydrogen (secondary N) is 2. The normalized spacial score (nSPS) is 20.8. The maximum atomic E-state index is 12.5. The minimum atomic E-state index is -1.23. The van der Waals surface area contributed by atoms with Crippen LogP contribution in [-0.2, 0) is 15.1 Å². The molecule has 2 rings (SSSR count). The number of benzene rings is 1. The molecule has 0 saturated carbocycles. The van der Waals surface area contributed by atoms with Gasteiger partial charge >= 0.3 is 6.03 Å². The van der Waals surface area contributed by atoms with E-state index in [4.69, 9.17) is 10.6 Å². The van der Waals surface area contributed by atoms with Crippen molar-refractivity contribution in [2.45, 2.75) is 19.4 Å². The number of nitrogens with two attached hydrogens (primary N) is 1. The number of methoxy groups -OCH3 is 1. The summed E-state index contributed by atoms with van der Waals surface area (Å²) in [5.74, 6) is 4.54. The van der Waals surface area contributed by atoms with Gasteiger partial charge in [0.05, 0.1) is 7.11 Å². The third-order valence-corrected chi connectivity index (χ3v) is 3.71. The zero-order valence-corrected chi connectivity index (χ0v) is 12.6. The van der Waals surface area contributed by atoms with Crippen LogP contribution in [0.25, 0.3) is 0 Å². The molecule has 1 atom stereocenters. The number of imide groups is 1. The fraction of sp³-hybridized carbons (Fsp3) is 0.357. The first-order valence-electron chi connectivity index (χ1n) is 6.62. The lowest BCUT2D eigenvalue weighted by molar-refractivity contribution is -0.134. The maximum Gasteiger partial charge on any atom is 0.325 e. The van der Waals surface area contributed by atoms with Crippen LogP contribution < -0.4 is 21.3 Å². The Hall–Kier alpha value is -2.61. The van der Waals surface area contributed by atoms with Crippen molar-refractivity contribution in [3.8, 4) is 5.75 Å². The number of carbonyl (C=O) groups excluding carboxylic acids is 3. The molecule has 0 aliphatic carbocycles. The highest BCUT2D eigenvalue weighted by atomic mass is 16.5. The molecule has 0 spiro atoms. The summed E-state index contributed by atoms with van der Waals surface area (Å²) < 4.78 is 5.18. The molecule has 22 heavy (non-hydrogen) atoms. The van der Waals surface area contributed by atoms with Gasteiger partial charge in [-0.25, -0.2) is 10.6 Å².